The normalized spacial score (nSPS) is 15.5. The number of amides is 1. The van der Waals surface area contributed by atoms with E-state index in [0.29, 0.717) is 18.1 Å². The summed E-state index contributed by atoms with van der Waals surface area (Å²) in [5, 5.41) is 4.34. The SMILES string of the molecule is CC(C)CCOc1ccc(C(=O)NN=C2CCCCCCC2)cc1. The molecular formula is C20H30N2O2. The van der Waals surface area contributed by atoms with Crippen LogP contribution in [0.2, 0.25) is 0 Å². The molecule has 2 rings (SSSR count). The Kier molecular flexibility index (Phi) is 7.80. The number of nitrogens with one attached hydrogen (secondary N) is 1. The molecule has 0 saturated heterocycles. The van der Waals surface area contributed by atoms with Gasteiger partial charge in [-0.1, -0.05) is 33.1 Å². The number of carbonyl (C=O) groups is 1. The molecule has 4 heteroatoms. The fourth-order valence-corrected chi connectivity index (χ4v) is 2.73. The lowest BCUT2D eigenvalue weighted by atomic mass is 9.99. The number of hydrogen-bond acceptors (Lipinski definition) is 3. The molecule has 0 aliphatic heterocycles. The maximum absolute atomic E-state index is 12.2. The summed E-state index contributed by atoms with van der Waals surface area (Å²) in [4.78, 5) is 12.2. The molecule has 0 heterocycles. The second-order valence-corrected chi connectivity index (χ2v) is 6.94. The highest BCUT2D eigenvalue weighted by atomic mass is 16.5. The molecule has 24 heavy (non-hydrogen) atoms. The quantitative estimate of drug-likeness (QED) is 0.751. The second-order valence-electron chi connectivity index (χ2n) is 6.94. The molecule has 0 radical (unpaired) electrons. The fraction of sp³-hybridized carbons (Fsp3) is 0.600. The zero-order valence-electron chi connectivity index (χ0n) is 15.0. The summed E-state index contributed by atoms with van der Waals surface area (Å²) in [6.45, 7) is 5.06. The molecule has 1 saturated carbocycles. The maximum atomic E-state index is 12.2. The largest absolute Gasteiger partial charge is 0.494 e. The molecule has 1 N–H and O–H groups in total. The Morgan fingerprint density at radius 2 is 1.71 bits per heavy atom. The van der Waals surface area contributed by atoms with Gasteiger partial charge < -0.3 is 4.74 Å². The minimum absolute atomic E-state index is 0.154. The summed E-state index contributed by atoms with van der Waals surface area (Å²) in [6, 6.07) is 7.27. The third kappa shape index (κ3) is 6.73. The topological polar surface area (TPSA) is 50.7 Å². The first kappa shape index (κ1) is 18.5. The third-order valence-electron chi connectivity index (χ3n) is 4.33. The van der Waals surface area contributed by atoms with Crippen molar-refractivity contribution in [2.45, 2.75) is 65.2 Å². The number of rotatable bonds is 6. The Hall–Kier alpha value is -1.84. The van der Waals surface area contributed by atoms with Crippen molar-refractivity contribution in [2.24, 2.45) is 11.0 Å². The van der Waals surface area contributed by atoms with Crippen LogP contribution in [0, 0.1) is 5.92 Å². The lowest BCUT2D eigenvalue weighted by Gasteiger charge is -2.11. The monoisotopic (exact) mass is 330 g/mol. The van der Waals surface area contributed by atoms with E-state index in [2.05, 4.69) is 24.4 Å². The van der Waals surface area contributed by atoms with Gasteiger partial charge >= 0.3 is 0 Å². The van der Waals surface area contributed by atoms with Crippen LogP contribution < -0.4 is 10.2 Å². The summed E-state index contributed by atoms with van der Waals surface area (Å²) in [6.07, 6.45) is 9.25. The second kappa shape index (κ2) is 10.1. The Bertz CT molecular complexity index is 525. The minimum Gasteiger partial charge on any atom is -0.494 e. The average Bonchev–Trinajstić information content (AvgIpc) is 2.54. The zero-order valence-corrected chi connectivity index (χ0v) is 15.0. The van der Waals surface area contributed by atoms with E-state index in [1.54, 1.807) is 12.1 Å². The molecule has 132 valence electrons. The first-order valence-electron chi connectivity index (χ1n) is 9.24. The summed E-state index contributed by atoms with van der Waals surface area (Å²) < 4.78 is 5.67. The van der Waals surface area contributed by atoms with Crippen LogP contribution in [-0.2, 0) is 0 Å². The van der Waals surface area contributed by atoms with Gasteiger partial charge in [0, 0.05) is 11.3 Å². The van der Waals surface area contributed by atoms with Crippen molar-refractivity contribution in [3.8, 4) is 5.75 Å². The van der Waals surface area contributed by atoms with E-state index in [1.165, 1.54) is 32.1 Å². The highest BCUT2D eigenvalue weighted by Crippen LogP contribution is 2.15. The van der Waals surface area contributed by atoms with Crippen LogP contribution in [0.5, 0.6) is 5.75 Å². The molecule has 0 aromatic heterocycles. The van der Waals surface area contributed by atoms with Gasteiger partial charge in [-0.05, 0) is 62.3 Å². The number of hydrazone groups is 1. The molecule has 4 nitrogen and oxygen atoms in total. The molecule has 1 fully saturated rings. The molecule has 1 aromatic rings. The van der Waals surface area contributed by atoms with Crippen molar-refractivity contribution in [2.75, 3.05) is 6.61 Å². The number of nitrogens with zero attached hydrogens (tertiary/aromatic N) is 1. The van der Waals surface area contributed by atoms with E-state index >= 15 is 0 Å². The van der Waals surface area contributed by atoms with E-state index in [-0.39, 0.29) is 5.91 Å². The molecule has 0 unspecified atom stereocenters. The standard InChI is InChI=1S/C20H30N2O2/c1-16(2)14-15-24-19-12-10-17(11-13-19)20(23)22-21-18-8-6-4-3-5-7-9-18/h10-13,16H,3-9,14-15H2,1-2H3,(H,22,23). The van der Waals surface area contributed by atoms with Gasteiger partial charge in [-0.2, -0.15) is 5.10 Å². The van der Waals surface area contributed by atoms with Crippen molar-refractivity contribution in [1.82, 2.24) is 5.43 Å². The smallest absolute Gasteiger partial charge is 0.271 e. The van der Waals surface area contributed by atoms with E-state index < -0.39 is 0 Å². The van der Waals surface area contributed by atoms with Crippen LogP contribution in [0.3, 0.4) is 0 Å². The van der Waals surface area contributed by atoms with Crippen LogP contribution in [-0.4, -0.2) is 18.2 Å². The highest BCUT2D eigenvalue weighted by molar-refractivity contribution is 5.95. The van der Waals surface area contributed by atoms with Gasteiger partial charge in [0.1, 0.15) is 5.75 Å². The summed E-state index contributed by atoms with van der Waals surface area (Å²) in [5.74, 6) is 1.28. The van der Waals surface area contributed by atoms with E-state index in [0.717, 1.165) is 30.7 Å². The molecule has 1 aliphatic carbocycles. The predicted octanol–water partition coefficient (Wildman–Crippen LogP) is 4.94. The van der Waals surface area contributed by atoms with Gasteiger partial charge in [0.25, 0.3) is 5.91 Å². The molecule has 1 aliphatic rings. The molecule has 1 amide bonds. The Morgan fingerprint density at radius 3 is 2.33 bits per heavy atom. The first-order valence-corrected chi connectivity index (χ1v) is 9.24. The Balaban J connectivity index is 1.83. The van der Waals surface area contributed by atoms with E-state index in [4.69, 9.17) is 4.74 Å². The van der Waals surface area contributed by atoms with Crippen molar-refractivity contribution < 1.29 is 9.53 Å². The number of benzene rings is 1. The van der Waals surface area contributed by atoms with Crippen molar-refractivity contribution in [3.05, 3.63) is 29.8 Å². The average molecular weight is 330 g/mol. The molecule has 1 aromatic carbocycles. The molecular weight excluding hydrogens is 300 g/mol. The minimum atomic E-state index is -0.154. The third-order valence-corrected chi connectivity index (χ3v) is 4.33. The Labute approximate surface area is 145 Å². The maximum Gasteiger partial charge on any atom is 0.271 e. The summed E-state index contributed by atoms with van der Waals surface area (Å²) in [5.41, 5.74) is 4.44. The van der Waals surface area contributed by atoms with Gasteiger partial charge in [0.2, 0.25) is 0 Å². The van der Waals surface area contributed by atoms with Crippen LogP contribution in [0.4, 0.5) is 0 Å². The molecule has 0 bridgehead atoms. The van der Waals surface area contributed by atoms with Gasteiger partial charge in [-0.3, -0.25) is 4.79 Å². The van der Waals surface area contributed by atoms with Crippen molar-refractivity contribution in [1.29, 1.82) is 0 Å². The van der Waals surface area contributed by atoms with Crippen molar-refractivity contribution in [3.63, 3.8) is 0 Å². The Morgan fingerprint density at radius 1 is 1.08 bits per heavy atom. The first-order chi connectivity index (χ1) is 11.6. The van der Waals surface area contributed by atoms with Crippen LogP contribution in [0.25, 0.3) is 0 Å². The summed E-state index contributed by atoms with van der Waals surface area (Å²) >= 11 is 0. The van der Waals surface area contributed by atoms with Crippen LogP contribution in [0.15, 0.2) is 29.4 Å². The van der Waals surface area contributed by atoms with Gasteiger partial charge in [0.15, 0.2) is 0 Å². The van der Waals surface area contributed by atoms with E-state index in [9.17, 15) is 4.79 Å². The van der Waals surface area contributed by atoms with Crippen LogP contribution >= 0.6 is 0 Å². The summed E-state index contributed by atoms with van der Waals surface area (Å²) in [7, 11) is 0. The highest BCUT2D eigenvalue weighted by Gasteiger charge is 2.08. The van der Waals surface area contributed by atoms with Crippen molar-refractivity contribution >= 4 is 11.6 Å². The lowest BCUT2D eigenvalue weighted by molar-refractivity contribution is 0.0954. The van der Waals surface area contributed by atoms with Crippen LogP contribution in [0.1, 0.15) is 75.6 Å². The zero-order chi connectivity index (χ0) is 17.2. The van der Waals surface area contributed by atoms with E-state index in [1.807, 2.05) is 12.1 Å². The number of hydrogen-bond donors (Lipinski definition) is 1. The van der Waals surface area contributed by atoms with Gasteiger partial charge in [-0.25, -0.2) is 5.43 Å². The number of ether oxygens (including phenoxy) is 1. The van der Waals surface area contributed by atoms with Gasteiger partial charge in [-0.15, -0.1) is 0 Å². The predicted molar refractivity (Wildman–Crippen MR) is 98.6 cm³/mol. The molecule has 0 spiro atoms. The van der Waals surface area contributed by atoms with Gasteiger partial charge in [0.05, 0.1) is 6.61 Å². The number of carbonyl (C=O) groups excluding carboxylic acids is 1. The molecule has 0 atom stereocenters. The fourth-order valence-electron chi connectivity index (χ4n) is 2.73. The lowest BCUT2D eigenvalue weighted by Crippen LogP contribution is -2.20.